The summed E-state index contributed by atoms with van der Waals surface area (Å²) in [5.74, 6) is -0.207. The van der Waals surface area contributed by atoms with E-state index in [0.29, 0.717) is 12.2 Å². The average Bonchev–Trinajstić information content (AvgIpc) is 3.12. The number of H-pyrrole nitrogens is 1. The molecule has 1 aromatic carbocycles. The molecule has 0 atom stereocenters. The standard InChI is InChI=1S/C21H15F3N4O/c22-21(23,24)16-6-4-14(5-7-16)20(29)28-18-8-3-13(11-26-18)10-15-12-27-19-17(15)2-1-9-25-19/h1-9,11-12H,10H2,(H,25,27)(H,26,28,29). The van der Waals surface area contributed by atoms with Crippen molar-refractivity contribution in [2.75, 3.05) is 5.32 Å². The summed E-state index contributed by atoms with van der Waals surface area (Å²) in [5, 5.41) is 3.62. The predicted molar refractivity (Wildman–Crippen MR) is 103 cm³/mol. The molecule has 0 radical (unpaired) electrons. The summed E-state index contributed by atoms with van der Waals surface area (Å²) in [6.07, 6.45) is 1.48. The lowest BCUT2D eigenvalue weighted by atomic mass is 10.1. The second-order valence-electron chi connectivity index (χ2n) is 6.47. The van der Waals surface area contributed by atoms with Gasteiger partial charge in [0.05, 0.1) is 5.56 Å². The molecular formula is C21H15F3N4O. The molecule has 5 nitrogen and oxygen atoms in total. The molecule has 8 heteroatoms. The summed E-state index contributed by atoms with van der Waals surface area (Å²) in [7, 11) is 0. The van der Waals surface area contributed by atoms with Crippen molar-refractivity contribution < 1.29 is 18.0 Å². The number of nitrogens with one attached hydrogen (secondary N) is 2. The smallest absolute Gasteiger partial charge is 0.346 e. The summed E-state index contributed by atoms with van der Waals surface area (Å²) in [6, 6.07) is 11.4. The Bertz CT molecular complexity index is 1150. The van der Waals surface area contributed by atoms with Crippen LogP contribution in [0.5, 0.6) is 0 Å². The summed E-state index contributed by atoms with van der Waals surface area (Å²) in [6.45, 7) is 0. The van der Waals surface area contributed by atoms with Gasteiger partial charge in [0.1, 0.15) is 11.5 Å². The van der Waals surface area contributed by atoms with Gasteiger partial charge in [-0.25, -0.2) is 9.97 Å². The number of carbonyl (C=O) groups excluding carboxylic acids is 1. The number of nitrogens with zero attached hydrogens (tertiary/aromatic N) is 2. The summed E-state index contributed by atoms with van der Waals surface area (Å²) < 4.78 is 37.8. The molecule has 2 N–H and O–H groups in total. The molecule has 0 saturated heterocycles. The quantitative estimate of drug-likeness (QED) is 0.520. The Kier molecular flexibility index (Phi) is 4.75. The first-order chi connectivity index (χ1) is 13.9. The van der Waals surface area contributed by atoms with Crippen LogP contribution in [0, 0.1) is 0 Å². The highest BCUT2D eigenvalue weighted by Gasteiger charge is 2.30. The van der Waals surface area contributed by atoms with E-state index in [4.69, 9.17) is 0 Å². The second-order valence-corrected chi connectivity index (χ2v) is 6.47. The van der Waals surface area contributed by atoms with Crippen LogP contribution < -0.4 is 5.32 Å². The van der Waals surface area contributed by atoms with Gasteiger partial charge in [0.2, 0.25) is 0 Å². The van der Waals surface area contributed by atoms with E-state index >= 15 is 0 Å². The van der Waals surface area contributed by atoms with Crippen molar-refractivity contribution in [3.05, 3.63) is 89.4 Å². The number of benzene rings is 1. The van der Waals surface area contributed by atoms with Crippen LogP contribution in [-0.2, 0) is 12.6 Å². The number of hydrogen-bond acceptors (Lipinski definition) is 3. The van der Waals surface area contributed by atoms with Gasteiger partial charge in [0.25, 0.3) is 5.91 Å². The van der Waals surface area contributed by atoms with Crippen molar-refractivity contribution in [1.82, 2.24) is 15.0 Å². The molecule has 0 aliphatic heterocycles. The third-order valence-electron chi connectivity index (χ3n) is 4.47. The fourth-order valence-electron chi connectivity index (χ4n) is 2.98. The number of pyridine rings is 2. The van der Waals surface area contributed by atoms with Gasteiger partial charge in [0, 0.05) is 36.0 Å². The first-order valence-electron chi connectivity index (χ1n) is 8.75. The molecule has 4 aromatic rings. The molecule has 3 heterocycles. The molecule has 0 saturated carbocycles. The van der Waals surface area contributed by atoms with Crippen molar-refractivity contribution in [2.45, 2.75) is 12.6 Å². The van der Waals surface area contributed by atoms with Crippen LogP contribution in [0.2, 0.25) is 0 Å². The normalized spacial score (nSPS) is 11.6. The zero-order valence-electron chi connectivity index (χ0n) is 15.0. The largest absolute Gasteiger partial charge is 0.416 e. The maximum atomic E-state index is 12.6. The number of alkyl halides is 3. The van der Waals surface area contributed by atoms with Crippen molar-refractivity contribution in [2.24, 2.45) is 0 Å². The number of rotatable bonds is 4. The number of carbonyl (C=O) groups is 1. The lowest BCUT2D eigenvalue weighted by Crippen LogP contribution is -2.13. The highest BCUT2D eigenvalue weighted by atomic mass is 19.4. The second kappa shape index (κ2) is 7.38. The van der Waals surface area contributed by atoms with Crippen LogP contribution in [0.4, 0.5) is 19.0 Å². The summed E-state index contributed by atoms with van der Waals surface area (Å²) in [4.78, 5) is 23.8. The fraction of sp³-hybridized carbons (Fsp3) is 0.0952. The maximum Gasteiger partial charge on any atom is 0.416 e. The third kappa shape index (κ3) is 4.11. The van der Waals surface area contributed by atoms with Crippen molar-refractivity contribution in [3.63, 3.8) is 0 Å². The molecule has 0 fully saturated rings. The Balaban J connectivity index is 1.43. The van der Waals surface area contributed by atoms with E-state index in [-0.39, 0.29) is 5.56 Å². The Hall–Kier alpha value is -3.68. The van der Waals surface area contributed by atoms with Gasteiger partial charge in [-0.15, -0.1) is 0 Å². The first-order valence-corrected chi connectivity index (χ1v) is 8.75. The van der Waals surface area contributed by atoms with Gasteiger partial charge in [-0.3, -0.25) is 4.79 Å². The van der Waals surface area contributed by atoms with Crippen LogP contribution in [0.15, 0.2) is 67.1 Å². The lowest BCUT2D eigenvalue weighted by molar-refractivity contribution is -0.137. The minimum Gasteiger partial charge on any atom is -0.346 e. The Morgan fingerprint density at radius 1 is 1.03 bits per heavy atom. The first kappa shape index (κ1) is 18.7. The molecule has 0 bridgehead atoms. The van der Waals surface area contributed by atoms with Crippen molar-refractivity contribution in [3.8, 4) is 0 Å². The number of fused-ring (bicyclic) bond motifs is 1. The Labute approximate surface area is 163 Å². The summed E-state index contributed by atoms with van der Waals surface area (Å²) in [5.41, 5.74) is 2.16. The predicted octanol–water partition coefficient (Wildman–Crippen LogP) is 4.82. The van der Waals surface area contributed by atoms with Gasteiger partial charge in [0.15, 0.2) is 0 Å². The van der Waals surface area contributed by atoms with Gasteiger partial charge in [-0.1, -0.05) is 6.07 Å². The van der Waals surface area contributed by atoms with E-state index in [1.165, 1.54) is 0 Å². The van der Waals surface area contributed by atoms with Crippen LogP contribution >= 0.6 is 0 Å². The zero-order chi connectivity index (χ0) is 20.4. The number of anilines is 1. The number of aromatic nitrogens is 3. The van der Waals surface area contributed by atoms with Crippen LogP contribution in [-0.4, -0.2) is 20.9 Å². The van der Waals surface area contributed by atoms with E-state index < -0.39 is 17.6 Å². The van der Waals surface area contributed by atoms with Crippen LogP contribution in [0.3, 0.4) is 0 Å². The van der Waals surface area contributed by atoms with E-state index in [0.717, 1.165) is 46.4 Å². The van der Waals surface area contributed by atoms with E-state index in [1.54, 1.807) is 18.5 Å². The lowest BCUT2D eigenvalue weighted by Gasteiger charge is -2.08. The molecule has 0 aliphatic rings. The molecule has 0 aliphatic carbocycles. The van der Waals surface area contributed by atoms with Gasteiger partial charge < -0.3 is 10.3 Å². The van der Waals surface area contributed by atoms with Crippen molar-refractivity contribution >= 4 is 22.8 Å². The van der Waals surface area contributed by atoms with E-state index in [1.807, 2.05) is 24.4 Å². The molecule has 146 valence electrons. The number of hydrogen-bond donors (Lipinski definition) is 2. The molecule has 1 amide bonds. The van der Waals surface area contributed by atoms with Crippen LogP contribution in [0.25, 0.3) is 11.0 Å². The minimum atomic E-state index is -4.44. The SMILES string of the molecule is O=C(Nc1ccc(Cc2c[nH]c3ncccc23)cn1)c1ccc(C(F)(F)F)cc1. The minimum absolute atomic E-state index is 0.121. The number of amides is 1. The monoisotopic (exact) mass is 396 g/mol. The number of halogens is 3. The van der Waals surface area contributed by atoms with E-state index in [9.17, 15) is 18.0 Å². The molecule has 0 unspecified atom stereocenters. The van der Waals surface area contributed by atoms with E-state index in [2.05, 4.69) is 20.3 Å². The third-order valence-corrected chi connectivity index (χ3v) is 4.47. The highest BCUT2D eigenvalue weighted by Crippen LogP contribution is 2.29. The maximum absolute atomic E-state index is 12.6. The molecule has 4 rings (SSSR count). The average molecular weight is 396 g/mol. The number of aromatic amines is 1. The Morgan fingerprint density at radius 3 is 2.52 bits per heavy atom. The molecule has 0 spiro atoms. The molecule has 3 aromatic heterocycles. The summed E-state index contributed by atoms with van der Waals surface area (Å²) >= 11 is 0. The molecule has 29 heavy (non-hydrogen) atoms. The highest BCUT2D eigenvalue weighted by molar-refractivity contribution is 6.03. The van der Waals surface area contributed by atoms with Crippen molar-refractivity contribution in [1.29, 1.82) is 0 Å². The fourth-order valence-corrected chi connectivity index (χ4v) is 2.98. The molecular weight excluding hydrogens is 381 g/mol. The zero-order valence-corrected chi connectivity index (χ0v) is 15.0. The van der Waals surface area contributed by atoms with Gasteiger partial charge in [-0.2, -0.15) is 13.2 Å². The topological polar surface area (TPSA) is 70.7 Å². The van der Waals surface area contributed by atoms with Gasteiger partial charge >= 0.3 is 6.18 Å². The van der Waals surface area contributed by atoms with Gasteiger partial charge in [-0.05, 0) is 53.6 Å². The Morgan fingerprint density at radius 2 is 1.83 bits per heavy atom. The van der Waals surface area contributed by atoms with Crippen LogP contribution in [0.1, 0.15) is 27.0 Å².